The van der Waals surface area contributed by atoms with Gasteiger partial charge in [0.05, 0.1) is 11.9 Å². The Morgan fingerprint density at radius 3 is 2.80 bits per heavy atom. The Kier molecular flexibility index (Phi) is 5.53. The molecule has 0 bridgehead atoms. The molecule has 1 atom stereocenters. The Morgan fingerprint density at radius 1 is 1.24 bits per heavy atom. The molecule has 0 aromatic carbocycles. The molecule has 2 aromatic rings. The monoisotopic (exact) mass is 340 g/mol. The first kappa shape index (κ1) is 17.3. The zero-order valence-corrected chi connectivity index (χ0v) is 14.7. The van der Waals surface area contributed by atoms with E-state index < -0.39 is 0 Å². The maximum Gasteiger partial charge on any atom is 0.222 e. The maximum absolute atomic E-state index is 12.4. The van der Waals surface area contributed by atoms with Crippen LogP contribution in [0.2, 0.25) is 0 Å². The molecule has 0 spiro atoms. The zero-order chi connectivity index (χ0) is 17.6. The van der Waals surface area contributed by atoms with E-state index in [1.165, 1.54) is 0 Å². The highest BCUT2D eigenvalue weighted by atomic mass is 16.2. The van der Waals surface area contributed by atoms with Crippen molar-refractivity contribution in [2.24, 2.45) is 5.92 Å². The first-order valence-electron chi connectivity index (χ1n) is 8.75. The molecule has 1 aliphatic heterocycles. The van der Waals surface area contributed by atoms with Gasteiger partial charge in [-0.25, -0.2) is 9.97 Å². The molecule has 0 unspecified atom stereocenters. The van der Waals surface area contributed by atoms with E-state index in [9.17, 15) is 4.79 Å². The van der Waals surface area contributed by atoms with Gasteiger partial charge in [0, 0.05) is 50.2 Å². The lowest BCUT2D eigenvalue weighted by molar-refractivity contribution is -0.133. The number of piperidine rings is 1. The second-order valence-electron chi connectivity index (χ2n) is 6.78. The van der Waals surface area contributed by atoms with Crippen molar-refractivity contribution in [2.75, 3.05) is 18.4 Å². The van der Waals surface area contributed by atoms with Crippen molar-refractivity contribution < 1.29 is 4.79 Å². The third kappa shape index (κ3) is 4.49. The minimum atomic E-state index is 0.178. The van der Waals surface area contributed by atoms with Crippen LogP contribution in [0.5, 0.6) is 0 Å². The fourth-order valence-corrected chi connectivity index (χ4v) is 3.13. The van der Waals surface area contributed by atoms with Crippen LogP contribution in [0.3, 0.4) is 0 Å². The van der Waals surface area contributed by atoms with Crippen LogP contribution < -0.4 is 5.32 Å². The molecular formula is C18H24N6O. The summed E-state index contributed by atoms with van der Waals surface area (Å²) in [5.74, 6) is 2.10. The molecule has 0 radical (unpaired) electrons. The number of amides is 1. The van der Waals surface area contributed by atoms with Gasteiger partial charge in [-0.2, -0.15) is 0 Å². The van der Waals surface area contributed by atoms with E-state index in [0.717, 1.165) is 25.1 Å². The summed E-state index contributed by atoms with van der Waals surface area (Å²) < 4.78 is 0. The van der Waals surface area contributed by atoms with Gasteiger partial charge in [0.1, 0.15) is 5.82 Å². The normalized spacial score (nSPS) is 17.6. The maximum atomic E-state index is 12.4. The van der Waals surface area contributed by atoms with Gasteiger partial charge in [0.15, 0.2) is 5.82 Å². The topological polar surface area (TPSA) is 83.9 Å². The number of hydrogen-bond donors (Lipinski definition) is 1. The van der Waals surface area contributed by atoms with Crippen molar-refractivity contribution in [1.82, 2.24) is 24.8 Å². The number of nitrogens with one attached hydrogen (secondary N) is 1. The summed E-state index contributed by atoms with van der Waals surface area (Å²) in [6, 6.07) is 0. The number of hydrogen-bond acceptors (Lipinski definition) is 6. The van der Waals surface area contributed by atoms with E-state index in [0.29, 0.717) is 30.5 Å². The largest absolute Gasteiger partial charge is 0.342 e. The molecule has 3 rings (SSSR count). The number of carbonyl (C=O) groups excluding carboxylic acids is 1. The van der Waals surface area contributed by atoms with Crippen LogP contribution in [-0.4, -0.2) is 43.8 Å². The summed E-state index contributed by atoms with van der Waals surface area (Å²) in [5.41, 5.74) is 0.884. The molecule has 3 heterocycles. The Labute approximate surface area is 147 Å². The first-order valence-corrected chi connectivity index (χ1v) is 8.75. The summed E-state index contributed by atoms with van der Waals surface area (Å²) in [6.45, 7) is 5.67. The number of anilines is 2. The van der Waals surface area contributed by atoms with E-state index in [4.69, 9.17) is 0 Å². The minimum Gasteiger partial charge on any atom is -0.342 e. The van der Waals surface area contributed by atoms with Crippen LogP contribution in [0.1, 0.15) is 44.7 Å². The second kappa shape index (κ2) is 8.00. The lowest BCUT2D eigenvalue weighted by atomic mass is 9.93. The van der Waals surface area contributed by atoms with Gasteiger partial charge < -0.3 is 10.2 Å². The second-order valence-corrected chi connectivity index (χ2v) is 6.78. The van der Waals surface area contributed by atoms with Crippen LogP contribution in [0, 0.1) is 5.92 Å². The highest BCUT2D eigenvalue weighted by Crippen LogP contribution is 2.30. The lowest BCUT2D eigenvalue weighted by Gasteiger charge is -2.33. The standard InChI is InChI=1S/C18H24N6O/c1-13(2)10-16(25)24-9-3-4-14(12-24)17-18(22-8-7-21-17)23-15-11-19-5-6-20-15/h5-8,11,13-14H,3-4,9-10,12H2,1-2H3,(H,20,22,23)/t14-/m0/s1. The van der Waals surface area contributed by atoms with Gasteiger partial charge in [-0.05, 0) is 18.8 Å². The number of rotatable bonds is 5. The van der Waals surface area contributed by atoms with E-state index >= 15 is 0 Å². The van der Waals surface area contributed by atoms with E-state index in [-0.39, 0.29) is 11.8 Å². The number of nitrogens with zero attached hydrogens (tertiary/aromatic N) is 5. The van der Waals surface area contributed by atoms with Crippen LogP contribution >= 0.6 is 0 Å². The van der Waals surface area contributed by atoms with Crippen molar-refractivity contribution in [3.63, 3.8) is 0 Å². The summed E-state index contributed by atoms with van der Waals surface area (Å²) in [6.07, 6.45) is 10.8. The fraction of sp³-hybridized carbons (Fsp3) is 0.500. The molecule has 7 nitrogen and oxygen atoms in total. The number of likely N-dealkylation sites (tertiary alicyclic amines) is 1. The third-order valence-electron chi connectivity index (χ3n) is 4.28. The highest BCUT2D eigenvalue weighted by molar-refractivity contribution is 5.76. The van der Waals surface area contributed by atoms with Gasteiger partial charge in [-0.3, -0.25) is 14.8 Å². The van der Waals surface area contributed by atoms with Crippen LogP contribution in [0.15, 0.2) is 31.0 Å². The lowest BCUT2D eigenvalue weighted by Crippen LogP contribution is -2.39. The van der Waals surface area contributed by atoms with E-state index in [2.05, 4.69) is 39.1 Å². The quantitative estimate of drug-likeness (QED) is 0.901. The molecule has 1 fully saturated rings. The molecule has 0 aliphatic carbocycles. The first-order chi connectivity index (χ1) is 12.1. The molecular weight excluding hydrogens is 316 g/mol. The van der Waals surface area contributed by atoms with Crippen LogP contribution in [-0.2, 0) is 4.79 Å². The van der Waals surface area contributed by atoms with Crippen LogP contribution in [0.4, 0.5) is 11.6 Å². The number of carbonyl (C=O) groups is 1. The fourth-order valence-electron chi connectivity index (χ4n) is 3.13. The van der Waals surface area contributed by atoms with Crippen molar-refractivity contribution in [1.29, 1.82) is 0 Å². The summed E-state index contributed by atoms with van der Waals surface area (Å²) >= 11 is 0. The van der Waals surface area contributed by atoms with E-state index in [1.54, 1.807) is 31.0 Å². The zero-order valence-electron chi connectivity index (χ0n) is 14.7. The molecule has 132 valence electrons. The highest BCUT2D eigenvalue weighted by Gasteiger charge is 2.27. The van der Waals surface area contributed by atoms with Crippen molar-refractivity contribution in [3.8, 4) is 0 Å². The molecule has 7 heteroatoms. The van der Waals surface area contributed by atoms with Gasteiger partial charge in [-0.1, -0.05) is 13.8 Å². The van der Waals surface area contributed by atoms with Crippen molar-refractivity contribution in [2.45, 2.75) is 39.0 Å². The Balaban J connectivity index is 1.76. The average molecular weight is 340 g/mol. The number of aromatic nitrogens is 4. The molecule has 1 N–H and O–H groups in total. The Morgan fingerprint density at radius 2 is 2.04 bits per heavy atom. The Hall–Kier alpha value is -2.57. The van der Waals surface area contributed by atoms with E-state index in [1.807, 2.05) is 4.90 Å². The molecule has 1 saturated heterocycles. The summed E-state index contributed by atoms with van der Waals surface area (Å²) in [4.78, 5) is 31.6. The minimum absolute atomic E-state index is 0.178. The molecule has 1 aliphatic rings. The average Bonchev–Trinajstić information content (AvgIpc) is 2.63. The molecule has 0 saturated carbocycles. The van der Waals surface area contributed by atoms with Gasteiger partial charge in [0.2, 0.25) is 5.91 Å². The molecule has 25 heavy (non-hydrogen) atoms. The Bertz CT molecular complexity index is 706. The predicted molar refractivity (Wildman–Crippen MR) is 95.4 cm³/mol. The summed E-state index contributed by atoms with van der Waals surface area (Å²) in [5, 5.41) is 3.20. The van der Waals surface area contributed by atoms with Crippen molar-refractivity contribution in [3.05, 3.63) is 36.7 Å². The third-order valence-corrected chi connectivity index (χ3v) is 4.28. The SMILES string of the molecule is CC(C)CC(=O)N1CCC[C@H](c2nccnc2Nc2cnccn2)C1. The van der Waals surface area contributed by atoms with Crippen molar-refractivity contribution >= 4 is 17.5 Å². The van der Waals surface area contributed by atoms with Gasteiger partial charge in [0.25, 0.3) is 0 Å². The molecule has 1 amide bonds. The van der Waals surface area contributed by atoms with Gasteiger partial charge in [-0.15, -0.1) is 0 Å². The smallest absolute Gasteiger partial charge is 0.222 e. The molecule has 2 aromatic heterocycles. The van der Waals surface area contributed by atoms with Gasteiger partial charge >= 0.3 is 0 Å². The van der Waals surface area contributed by atoms with Crippen LogP contribution in [0.25, 0.3) is 0 Å². The predicted octanol–water partition coefficient (Wildman–Crippen LogP) is 2.76. The summed E-state index contributed by atoms with van der Waals surface area (Å²) in [7, 11) is 0.